The summed E-state index contributed by atoms with van der Waals surface area (Å²) >= 11 is 0. The minimum Gasteiger partial charge on any atom is -0.304 e. The topological polar surface area (TPSA) is 29.1 Å². The van der Waals surface area contributed by atoms with Crippen LogP contribution in [0.25, 0.3) is 0 Å². The van der Waals surface area contributed by atoms with E-state index in [1.54, 1.807) is 0 Å². The van der Waals surface area contributed by atoms with Gasteiger partial charge < -0.3 is 5.32 Å². The number of rotatable bonds is 3. The predicted molar refractivity (Wildman–Crippen MR) is 61.7 cm³/mol. The molecule has 0 radical (unpaired) electrons. The number of carbonyl (C=O) groups is 1. The van der Waals surface area contributed by atoms with Crippen molar-refractivity contribution in [3.05, 3.63) is 12.2 Å². The van der Waals surface area contributed by atoms with Crippen LogP contribution >= 0.6 is 0 Å². The summed E-state index contributed by atoms with van der Waals surface area (Å²) in [6.45, 7) is 5.74. The third-order valence-corrected chi connectivity index (χ3v) is 3.73. The van der Waals surface area contributed by atoms with E-state index in [2.05, 4.69) is 11.9 Å². The van der Waals surface area contributed by atoms with Crippen molar-refractivity contribution in [3.63, 3.8) is 0 Å². The Morgan fingerprint density at radius 1 is 1.40 bits per heavy atom. The summed E-state index contributed by atoms with van der Waals surface area (Å²) in [5.74, 6) is 1.11. The Morgan fingerprint density at radius 2 is 2.13 bits per heavy atom. The van der Waals surface area contributed by atoms with Crippen LogP contribution in [0.5, 0.6) is 0 Å². The van der Waals surface area contributed by atoms with Gasteiger partial charge in [0.2, 0.25) is 0 Å². The maximum absolute atomic E-state index is 11.9. The summed E-state index contributed by atoms with van der Waals surface area (Å²) in [6.07, 6.45) is 6.88. The SMILES string of the molecule is C=C(C)CC(=O)C1CC2CCCCC2N1. The summed E-state index contributed by atoms with van der Waals surface area (Å²) in [4.78, 5) is 11.9. The van der Waals surface area contributed by atoms with E-state index in [4.69, 9.17) is 0 Å². The maximum Gasteiger partial charge on any atom is 0.153 e. The molecule has 2 heteroatoms. The lowest BCUT2D eigenvalue weighted by molar-refractivity contribution is -0.120. The molecule has 0 spiro atoms. The highest BCUT2D eigenvalue weighted by molar-refractivity contribution is 5.86. The van der Waals surface area contributed by atoms with Gasteiger partial charge in [-0.1, -0.05) is 25.0 Å². The molecule has 2 fully saturated rings. The molecule has 1 aliphatic carbocycles. The molecule has 15 heavy (non-hydrogen) atoms. The molecule has 1 N–H and O–H groups in total. The van der Waals surface area contributed by atoms with Gasteiger partial charge in [-0.15, -0.1) is 0 Å². The van der Waals surface area contributed by atoms with E-state index >= 15 is 0 Å². The number of allylic oxidation sites excluding steroid dienone is 1. The van der Waals surface area contributed by atoms with Crippen molar-refractivity contribution < 1.29 is 4.79 Å². The Hall–Kier alpha value is -0.630. The fourth-order valence-electron chi connectivity index (χ4n) is 2.98. The molecule has 1 heterocycles. The molecular weight excluding hydrogens is 186 g/mol. The molecule has 3 atom stereocenters. The minimum atomic E-state index is 0.120. The lowest BCUT2D eigenvalue weighted by Crippen LogP contribution is -2.37. The first kappa shape index (κ1) is 10.9. The molecular formula is C13H21NO. The van der Waals surface area contributed by atoms with Crippen LogP contribution in [0.15, 0.2) is 12.2 Å². The molecule has 1 saturated carbocycles. The van der Waals surface area contributed by atoms with Crippen molar-refractivity contribution >= 4 is 5.78 Å². The van der Waals surface area contributed by atoms with Gasteiger partial charge in [-0.2, -0.15) is 0 Å². The van der Waals surface area contributed by atoms with Crippen LogP contribution in [0, 0.1) is 5.92 Å². The quantitative estimate of drug-likeness (QED) is 0.720. The van der Waals surface area contributed by atoms with E-state index in [9.17, 15) is 4.79 Å². The molecule has 3 unspecified atom stereocenters. The van der Waals surface area contributed by atoms with Crippen molar-refractivity contribution in [2.24, 2.45) is 5.92 Å². The van der Waals surface area contributed by atoms with Crippen molar-refractivity contribution in [2.75, 3.05) is 0 Å². The Morgan fingerprint density at radius 3 is 2.80 bits per heavy atom. The molecule has 0 aromatic rings. The van der Waals surface area contributed by atoms with Crippen LogP contribution in [0.3, 0.4) is 0 Å². The van der Waals surface area contributed by atoms with Crippen molar-refractivity contribution in [2.45, 2.75) is 57.5 Å². The molecule has 0 bridgehead atoms. The zero-order valence-electron chi connectivity index (χ0n) is 9.59. The van der Waals surface area contributed by atoms with Gasteiger partial charge in [-0.3, -0.25) is 4.79 Å². The second-order valence-corrected chi connectivity index (χ2v) is 5.21. The van der Waals surface area contributed by atoms with Gasteiger partial charge in [0.05, 0.1) is 6.04 Å². The van der Waals surface area contributed by atoms with Crippen LogP contribution in [-0.4, -0.2) is 17.9 Å². The normalized spacial score (nSPS) is 34.9. The van der Waals surface area contributed by atoms with E-state index in [-0.39, 0.29) is 6.04 Å². The Labute approximate surface area is 92.1 Å². The zero-order chi connectivity index (χ0) is 10.8. The highest BCUT2D eigenvalue weighted by Crippen LogP contribution is 2.33. The second kappa shape index (κ2) is 4.48. The van der Waals surface area contributed by atoms with Gasteiger partial charge in [0.25, 0.3) is 0 Å². The Kier molecular flexibility index (Phi) is 3.25. The monoisotopic (exact) mass is 207 g/mol. The molecule has 2 rings (SSSR count). The lowest BCUT2D eigenvalue weighted by Gasteiger charge is -2.24. The first-order chi connectivity index (χ1) is 7.16. The molecule has 0 aromatic carbocycles. The van der Waals surface area contributed by atoms with Gasteiger partial charge >= 0.3 is 0 Å². The summed E-state index contributed by atoms with van der Waals surface area (Å²) in [7, 11) is 0. The number of ketones is 1. The van der Waals surface area contributed by atoms with E-state index in [1.807, 2.05) is 6.92 Å². The van der Waals surface area contributed by atoms with E-state index < -0.39 is 0 Å². The molecule has 1 aliphatic heterocycles. The summed E-state index contributed by atoms with van der Waals surface area (Å²) in [6, 6.07) is 0.743. The number of hydrogen-bond donors (Lipinski definition) is 1. The summed E-state index contributed by atoms with van der Waals surface area (Å²) < 4.78 is 0. The van der Waals surface area contributed by atoms with Crippen molar-refractivity contribution in [3.8, 4) is 0 Å². The molecule has 1 saturated heterocycles. The third kappa shape index (κ3) is 2.49. The van der Waals surface area contributed by atoms with Crippen LogP contribution in [0.1, 0.15) is 45.4 Å². The third-order valence-electron chi connectivity index (χ3n) is 3.73. The van der Waals surface area contributed by atoms with Gasteiger partial charge in [0, 0.05) is 12.5 Å². The van der Waals surface area contributed by atoms with Crippen molar-refractivity contribution in [1.82, 2.24) is 5.32 Å². The fourth-order valence-corrected chi connectivity index (χ4v) is 2.98. The maximum atomic E-state index is 11.9. The number of fused-ring (bicyclic) bond motifs is 1. The van der Waals surface area contributed by atoms with Crippen LogP contribution < -0.4 is 5.32 Å². The number of hydrogen-bond acceptors (Lipinski definition) is 2. The number of nitrogens with one attached hydrogen (secondary N) is 1. The Balaban J connectivity index is 1.90. The average molecular weight is 207 g/mol. The average Bonchev–Trinajstić information content (AvgIpc) is 2.59. The van der Waals surface area contributed by atoms with E-state index in [1.165, 1.54) is 25.7 Å². The molecule has 0 aromatic heterocycles. The Bertz CT molecular complexity index is 258. The molecule has 84 valence electrons. The second-order valence-electron chi connectivity index (χ2n) is 5.21. The van der Waals surface area contributed by atoms with Gasteiger partial charge in [0.15, 0.2) is 5.78 Å². The molecule has 2 aliphatic rings. The lowest BCUT2D eigenvalue weighted by atomic mass is 9.84. The van der Waals surface area contributed by atoms with E-state index in [0.717, 1.165) is 17.9 Å². The standard InChI is InChI=1S/C13H21NO/c1-9(2)7-13(15)12-8-10-5-3-4-6-11(10)14-12/h10-12,14H,1,3-8H2,2H3. The summed E-state index contributed by atoms with van der Waals surface area (Å²) in [5.41, 5.74) is 0.983. The van der Waals surface area contributed by atoms with Crippen LogP contribution in [0.2, 0.25) is 0 Å². The summed E-state index contributed by atoms with van der Waals surface area (Å²) in [5, 5.41) is 3.51. The molecule has 2 nitrogen and oxygen atoms in total. The predicted octanol–water partition coefficient (Wildman–Crippen LogP) is 2.44. The van der Waals surface area contributed by atoms with Gasteiger partial charge in [-0.25, -0.2) is 0 Å². The van der Waals surface area contributed by atoms with Gasteiger partial charge in [0.1, 0.15) is 0 Å². The fraction of sp³-hybridized carbons (Fsp3) is 0.769. The van der Waals surface area contributed by atoms with Crippen molar-refractivity contribution in [1.29, 1.82) is 0 Å². The zero-order valence-corrected chi connectivity index (χ0v) is 9.59. The first-order valence-corrected chi connectivity index (χ1v) is 6.10. The largest absolute Gasteiger partial charge is 0.304 e. The van der Waals surface area contributed by atoms with Crippen LogP contribution in [-0.2, 0) is 4.79 Å². The van der Waals surface area contributed by atoms with Crippen LogP contribution in [0.4, 0.5) is 0 Å². The minimum absolute atomic E-state index is 0.120. The highest BCUT2D eigenvalue weighted by atomic mass is 16.1. The number of carbonyl (C=O) groups excluding carboxylic acids is 1. The smallest absolute Gasteiger partial charge is 0.153 e. The van der Waals surface area contributed by atoms with E-state index in [0.29, 0.717) is 18.2 Å². The number of Topliss-reactive ketones (excluding diaryl/α,β-unsaturated/α-hetero) is 1. The highest BCUT2D eigenvalue weighted by Gasteiger charge is 2.37. The molecule has 0 amide bonds. The first-order valence-electron chi connectivity index (χ1n) is 6.10. The van der Waals surface area contributed by atoms with Gasteiger partial charge in [-0.05, 0) is 32.1 Å².